The van der Waals surface area contributed by atoms with Crippen LogP contribution in [0.5, 0.6) is 0 Å². The summed E-state index contributed by atoms with van der Waals surface area (Å²) in [6.45, 7) is 3.84. The van der Waals surface area contributed by atoms with Crippen molar-refractivity contribution in [3.8, 4) is 0 Å². The molecule has 0 saturated carbocycles. The second-order valence-electron chi connectivity index (χ2n) is 6.94. The molecular formula is C18H22N2O4S. The van der Waals surface area contributed by atoms with Crippen LogP contribution >= 0.6 is 11.3 Å². The molecule has 0 aliphatic heterocycles. The van der Waals surface area contributed by atoms with Crippen LogP contribution in [0.4, 0.5) is 5.00 Å². The van der Waals surface area contributed by atoms with E-state index >= 15 is 0 Å². The van der Waals surface area contributed by atoms with E-state index in [1.807, 2.05) is 13.8 Å². The topological polar surface area (TPSA) is 109 Å². The highest BCUT2D eigenvalue weighted by Crippen LogP contribution is 2.40. The van der Waals surface area contributed by atoms with Crippen LogP contribution in [0.1, 0.15) is 53.9 Å². The molecule has 0 radical (unpaired) electrons. The lowest BCUT2D eigenvalue weighted by atomic mass is 9.76. The number of hydrogen-bond acceptors (Lipinski definition) is 4. The first-order valence-corrected chi connectivity index (χ1v) is 9.24. The molecule has 1 heterocycles. The number of carboxylic acid groups (broad SMARTS) is 1. The quantitative estimate of drug-likeness (QED) is 0.715. The van der Waals surface area contributed by atoms with Gasteiger partial charge >= 0.3 is 5.97 Å². The van der Waals surface area contributed by atoms with Crippen molar-refractivity contribution in [3.63, 3.8) is 0 Å². The summed E-state index contributed by atoms with van der Waals surface area (Å²) in [5.74, 6) is -3.23. The Morgan fingerprint density at radius 1 is 1.12 bits per heavy atom. The predicted molar refractivity (Wildman–Crippen MR) is 95.7 cm³/mol. The molecule has 0 fully saturated rings. The molecule has 25 heavy (non-hydrogen) atoms. The number of carbonyl (C=O) groups excluding carboxylic acids is 2. The van der Waals surface area contributed by atoms with E-state index in [2.05, 4.69) is 5.32 Å². The summed E-state index contributed by atoms with van der Waals surface area (Å²) in [6, 6.07) is 0. The number of aryl methyl sites for hydroxylation is 1. The number of allylic oxidation sites excluding steroid dienone is 2. The lowest BCUT2D eigenvalue weighted by Gasteiger charge is -2.29. The Morgan fingerprint density at radius 2 is 1.76 bits per heavy atom. The van der Waals surface area contributed by atoms with Gasteiger partial charge in [0, 0.05) is 4.88 Å². The van der Waals surface area contributed by atoms with Crippen LogP contribution in [0.25, 0.3) is 0 Å². The monoisotopic (exact) mass is 362 g/mol. The van der Waals surface area contributed by atoms with E-state index in [9.17, 15) is 19.5 Å². The average molecular weight is 362 g/mol. The highest BCUT2D eigenvalue weighted by Gasteiger charge is 2.38. The number of amides is 2. The van der Waals surface area contributed by atoms with Gasteiger partial charge in [-0.1, -0.05) is 11.1 Å². The van der Waals surface area contributed by atoms with E-state index in [1.54, 1.807) is 0 Å². The molecule has 7 heteroatoms. The second-order valence-corrected chi connectivity index (χ2v) is 8.04. The Kier molecular flexibility index (Phi) is 4.69. The SMILES string of the molecule is CC1=C(C)C[C@@H](C(=O)Nc2sc3c(c2C(N)=O)CCC3)[C@H](C(=O)O)C1. The van der Waals surface area contributed by atoms with Gasteiger partial charge in [0.25, 0.3) is 5.91 Å². The molecule has 134 valence electrons. The highest BCUT2D eigenvalue weighted by atomic mass is 32.1. The second kappa shape index (κ2) is 6.63. The zero-order valence-corrected chi connectivity index (χ0v) is 15.2. The summed E-state index contributed by atoms with van der Waals surface area (Å²) in [5.41, 5.74) is 8.95. The van der Waals surface area contributed by atoms with Gasteiger partial charge in [-0.05, 0) is 51.5 Å². The maximum atomic E-state index is 12.8. The van der Waals surface area contributed by atoms with Crippen molar-refractivity contribution in [2.75, 3.05) is 5.32 Å². The van der Waals surface area contributed by atoms with E-state index in [4.69, 9.17) is 5.73 Å². The minimum Gasteiger partial charge on any atom is -0.481 e. The van der Waals surface area contributed by atoms with Gasteiger partial charge in [0.05, 0.1) is 17.4 Å². The largest absolute Gasteiger partial charge is 0.481 e. The molecule has 2 amide bonds. The fourth-order valence-electron chi connectivity index (χ4n) is 3.79. The predicted octanol–water partition coefficient (Wildman–Crippen LogP) is 2.72. The molecule has 0 saturated heterocycles. The molecule has 0 unspecified atom stereocenters. The standard InChI is InChI=1S/C18H22N2O4S/c1-8-6-11(12(18(23)24)7-9(8)2)16(22)20-17-14(15(19)21)10-4-3-5-13(10)25-17/h11-12H,3-7H2,1-2H3,(H2,19,21)(H,20,22)(H,23,24)/t11-,12-/m1/s1. The van der Waals surface area contributed by atoms with Crippen molar-refractivity contribution < 1.29 is 19.5 Å². The lowest BCUT2D eigenvalue weighted by molar-refractivity contribution is -0.146. The van der Waals surface area contributed by atoms with Crippen molar-refractivity contribution in [1.29, 1.82) is 0 Å². The van der Waals surface area contributed by atoms with Gasteiger partial charge in [-0.15, -0.1) is 11.3 Å². The van der Waals surface area contributed by atoms with Crippen LogP contribution in [0.2, 0.25) is 0 Å². The molecule has 4 N–H and O–H groups in total. The Bertz CT molecular complexity index is 793. The number of anilines is 1. The summed E-state index contributed by atoms with van der Waals surface area (Å²) in [4.78, 5) is 37.3. The molecule has 0 bridgehead atoms. The minimum absolute atomic E-state index is 0.346. The summed E-state index contributed by atoms with van der Waals surface area (Å²) in [6.07, 6.45) is 3.47. The fourth-order valence-corrected chi connectivity index (χ4v) is 5.08. The number of carboxylic acids is 1. The van der Waals surface area contributed by atoms with Crippen molar-refractivity contribution in [3.05, 3.63) is 27.2 Å². The van der Waals surface area contributed by atoms with Gasteiger partial charge in [0.15, 0.2) is 0 Å². The van der Waals surface area contributed by atoms with Crippen LogP contribution in [-0.4, -0.2) is 22.9 Å². The Morgan fingerprint density at radius 3 is 2.36 bits per heavy atom. The van der Waals surface area contributed by atoms with Gasteiger partial charge in [-0.25, -0.2) is 0 Å². The smallest absolute Gasteiger partial charge is 0.307 e. The molecule has 0 spiro atoms. The van der Waals surface area contributed by atoms with Crippen LogP contribution < -0.4 is 11.1 Å². The molecule has 6 nitrogen and oxygen atoms in total. The van der Waals surface area contributed by atoms with E-state index in [0.717, 1.165) is 40.8 Å². The number of rotatable bonds is 4. The first kappa shape index (κ1) is 17.7. The van der Waals surface area contributed by atoms with Crippen LogP contribution in [-0.2, 0) is 22.4 Å². The summed E-state index contributed by atoms with van der Waals surface area (Å²) >= 11 is 1.39. The molecule has 3 rings (SSSR count). The molecule has 1 aromatic heterocycles. The normalized spacial score (nSPS) is 22.6. The summed E-state index contributed by atoms with van der Waals surface area (Å²) < 4.78 is 0. The Labute approximate surface area is 150 Å². The summed E-state index contributed by atoms with van der Waals surface area (Å²) in [7, 11) is 0. The molecule has 0 aromatic carbocycles. The molecule has 1 aromatic rings. The first-order chi connectivity index (χ1) is 11.8. The maximum absolute atomic E-state index is 12.8. The molecular weight excluding hydrogens is 340 g/mol. The molecule has 2 atom stereocenters. The number of primary amides is 1. The van der Waals surface area contributed by atoms with Crippen LogP contribution in [0, 0.1) is 11.8 Å². The number of nitrogens with two attached hydrogens (primary N) is 1. The van der Waals surface area contributed by atoms with Gasteiger partial charge in [0.1, 0.15) is 5.00 Å². The van der Waals surface area contributed by atoms with Crippen molar-refractivity contribution in [2.24, 2.45) is 17.6 Å². The fraction of sp³-hybridized carbons (Fsp3) is 0.500. The Balaban J connectivity index is 1.87. The number of thiophene rings is 1. The van der Waals surface area contributed by atoms with Crippen molar-refractivity contribution in [1.82, 2.24) is 0 Å². The first-order valence-electron chi connectivity index (χ1n) is 8.42. The maximum Gasteiger partial charge on any atom is 0.307 e. The van der Waals surface area contributed by atoms with E-state index < -0.39 is 23.7 Å². The number of fused-ring (bicyclic) bond motifs is 1. The van der Waals surface area contributed by atoms with Crippen molar-refractivity contribution >= 4 is 34.1 Å². The zero-order valence-electron chi connectivity index (χ0n) is 14.3. The third kappa shape index (κ3) is 3.20. The van der Waals surface area contributed by atoms with Gasteiger partial charge in [-0.3, -0.25) is 14.4 Å². The average Bonchev–Trinajstić information content (AvgIpc) is 3.09. The third-order valence-corrected chi connectivity index (χ3v) is 6.53. The van der Waals surface area contributed by atoms with Gasteiger partial charge in [0.2, 0.25) is 5.91 Å². The van der Waals surface area contributed by atoms with Gasteiger partial charge in [-0.2, -0.15) is 0 Å². The number of aliphatic carboxylic acids is 1. The van der Waals surface area contributed by atoms with Crippen LogP contribution in [0.15, 0.2) is 11.1 Å². The Hall–Kier alpha value is -2.15. The number of hydrogen-bond donors (Lipinski definition) is 3. The van der Waals surface area contributed by atoms with Crippen LogP contribution in [0.3, 0.4) is 0 Å². The van der Waals surface area contributed by atoms with E-state index in [1.165, 1.54) is 11.3 Å². The zero-order chi connectivity index (χ0) is 18.3. The highest BCUT2D eigenvalue weighted by molar-refractivity contribution is 7.17. The van der Waals surface area contributed by atoms with E-state index in [-0.39, 0.29) is 5.91 Å². The number of carbonyl (C=O) groups is 3. The van der Waals surface area contributed by atoms with Gasteiger partial charge < -0.3 is 16.2 Å². The van der Waals surface area contributed by atoms with Crippen molar-refractivity contribution in [2.45, 2.75) is 46.0 Å². The lowest BCUT2D eigenvalue weighted by Crippen LogP contribution is -2.36. The molecule has 2 aliphatic rings. The summed E-state index contributed by atoms with van der Waals surface area (Å²) in [5, 5.41) is 12.8. The molecule has 2 aliphatic carbocycles. The third-order valence-electron chi connectivity index (χ3n) is 5.32. The van der Waals surface area contributed by atoms with E-state index in [0.29, 0.717) is 23.4 Å². The number of nitrogens with one attached hydrogen (secondary N) is 1. The minimum atomic E-state index is -0.962.